The maximum atomic E-state index is 9.95. The summed E-state index contributed by atoms with van der Waals surface area (Å²) in [5.41, 5.74) is 2.63. The summed E-state index contributed by atoms with van der Waals surface area (Å²) < 4.78 is 0. The van der Waals surface area contributed by atoms with Gasteiger partial charge in [-0.3, -0.25) is 0 Å². The maximum Gasteiger partial charge on any atom is 0.123 e. The quantitative estimate of drug-likeness (QED) is 0.759. The Hall–Kier alpha value is -2.16. The molecule has 0 heterocycles. The number of phenolic OH excluding ortho intramolecular Hbond substituents is 3. The number of aromatic hydroxyl groups is 3. The van der Waals surface area contributed by atoms with Gasteiger partial charge in [0.1, 0.15) is 17.2 Å². The van der Waals surface area contributed by atoms with Gasteiger partial charge in [0, 0.05) is 17.5 Å². The zero-order valence-corrected chi connectivity index (χ0v) is 10.4. The van der Waals surface area contributed by atoms with E-state index in [4.69, 9.17) is 0 Å². The molecule has 0 saturated carbocycles. The van der Waals surface area contributed by atoms with Crippen LogP contribution < -0.4 is 0 Å². The number of phenols is 3. The molecular weight excluding hydrogens is 228 g/mol. The summed E-state index contributed by atoms with van der Waals surface area (Å²) in [6.07, 6.45) is 0. The SMILES string of the molecule is Cc1cc(O)cc(O)c1[C@H](C)c1ccc(O)cc1. The van der Waals surface area contributed by atoms with E-state index in [1.807, 2.05) is 26.0 Å². The lowest BCUT2D eigenvalue weighted by Crippen LogP contribution is -1.99. The van der Waals surface area contributed by atoms with Gasteiger partial charge in [0.2, 0.25) is 0 Å². The Morgan fingerprint density at radius 2 is 1.50 bits per heavy atom. The van der Waals surface area contributed by atoms with E-state index in [2.05, 4.69) is 0 Å². The summed E-state index contributed by atoms with van der Waals surface area (Å²) in [6.45, 7) is 3.83. The monoisotopic (exact) mass is 244 g/mol. The zero-order chi connectivity index (χ0) is 13.3. The molecule has 0 saturated heterocycles. The molecule has 0 aliphatic heterocycles. The second-order valence-electron chi connectivity index (χ2n) is 4.51. The van der Waals surface area contributed by atoms with Gasteiger partial charge < -0.3 is 15.3 Å². The Bertz CT molecular complexity index is 535. The lowest BCUT2D eigenvalue weighted by Gasteiger charge is -2.17. The molecule has 0 radical (unpaired) electrons. The van der Waals surface area contributed by atoms with Gasteiger partial charge in [-0.2, -0.15) is 0 Å². The summed E-state index contributed by atoms with van der Waals surface area (Å²) in [6, 6.07) is 9.87. The van der Waals surface area contributed by atoms with E-state index in [9.17, 15) is 15.3 Å². The Kier molecular flexibility index (Phi) is 3.15. The van der Waals surface area contributed by atoms with Crippen LogP contribution in [0.1, 0.15) is 29.5 Å². The molecule has 3 nitrogen and oxygen atoms in total. The van der Waals surface area contributed by atoms with E-state index >= 15 is 0 Å². The van der Waals surface area contributed by atoms with Crippen molar-refractivity contribution in [3.05, 3.63) is 53.1 Å². The lowest BCUT2D eigenvalue weighted by atomic mass is 9.89. The molecule has 18 heavy (non-hydrogen) atoms. The minimum Gasteiger partial charge on any atom is -0.508 e. The van der Waals surface area contributed by atoms with Crippen LogP contribution in [0.4, 0.5) is 0 Å². The second-order valence-corrected chi connectivity index (χ2v) is 4.51. The first-order valence-corrected chi connectivity index (χ1v) is 5.80. The molecule has 94 valence electrons. The van der Waals surface area contributed by atoms with E-state index in [0.717, 1.165) is 16.7 Å². The Labute approximate surface area is 106 Å². The van der Waals surface area contributed by atoms with Crippen molar-refractivity contribution in [3.63, 3.8) is 0 Å². The highest BCUT2D eigenvalue weighted by Crippen LogP contribution is 2.36. The van der Waals surface area contributed by atoms with Crippen LogP contribution in [0.3, 0.4) is 0 Å². The standard InChI is InChI=1S/C15H16O3/c1-9-7-13(17)8-14(18)15(9)10(2)11-3-5-12(16)6-4-11/h3-8,10,16-18H,1-2H3/t10-/m1/s1. The van der Waals surface area contributed by atoms with Gasteiger partial charge in [-0.05, 0) is 36.2 Å². The number of benzene rings is 2. The second kappa shape index (κ2) is 4.61. The van der Waals surface area contributed by atoms with Crippen molar-refractivity contribution in [3.8, 4) is 17.2 Å². The first-order valence-electron chi connectivity index (χ1n) is 5.80. The van der Waals surface area contributed by atoms with Crippen molar-refractivity contribution in [2.24, 2.45) is 0 Å². The summed E-state index contributed by atoms with van der Waals surface area (Å²) in [4.78, 5) is 0. The molecule has 0 bridgehead atoms. The Morgan fingerprint density at radius 3 is 2.06 bits per heavy atom. The van der Waals surface area contributed by atoms with Crippen LogP contribution in [0.2, 0.25) is 0 Å². The number of aryl methyl sites for hydroxylation is 1. The van der Waals surface area contributed by atoms with Crippen molar-refractivity contribution in [2.45, 2.75) is 19.8 Å². The Morgan fingerprint density at radius 1 is 0.889 bits per heavy atom. The van der Waals surface area contributed by atoms with Crippen molar-refractivity contribution >= 4 is 0 Å². The van der Waals surface area contributed by atoms with E-state index in [-0.39, 0.29) is 23.2 Å². The molecular formula is C15H16O3. The van der Waals surface area contributed by atoms with Crippen molar-refractivity contribution in [1.29, 1.82) is 0 Å². The van der Waals surface area contributed by atoms with Gasteiger partial charge in [0.05, 0.1) is 0 Å². The van der Waals surface area contributed by atoms with Crippen molar-refractivity contribution in [2.75, 3.05) is 0 Å². The van der Waals surface area contributed by atoms with E-state index < -0.39 is 0 Å². The molecule has 0 aliphatic carbocycles. The highest BCUT2D eigenvalue weighted by atomic mass is 16.3. The molecule has 3 heteroatoms. The molecule has 1 atom stereocenters. The highest BCUT2D eigenvalue weighted by Gasteiger charge is 2.16. The minimum atomic E-state index is -0.00815. The molecule has 3 N–H and O–H groups in total. The fraction of sp³-hybridized carbons (Fsp3) is 0.200. The van der Waals surface area contributed by atoms with Crippen molar-refractivity contribution < 1.29 is 15.3 Å². The predicted molar refractivity (Wildman–Crippen MR) is 70.1 cm³/mol. The normalized spacial score (nSPS) is 12.3. The predicted octanol–water partition coefficient (Wildman–Crippen LogP) is 3.26. The first kappa shape index (κ1) is 12.3. The van der Waals surface area contributed by atoms with E-state index in [0.29, 0.717) is 0 Å². The molecule has 0 spiro atoms. The minimum absolute atomic E-state index is 0.00815. The molecule has 0 aromatic heterocycles. The molecule has 0 amide bonds. The molecule has 0 unspecified atom stereocenters. The highest BCUT2D eigenvalue weighted by molar-refractivity contribution is 5.50. The fourth-order valence-electron chi connectivity index (χ4n) is 2.25. The van der Waals surface area contributed by atoms with Crippen LogP contribution >= 0.6 is 0 Å². The van der Waals surface area contributed by atoms with E-state index in [1.165, 1.54) is 6.07 Å². The first-order chi connectivity index (χ1) is 8.49. The lowest BCUT2D eigenvalue weighted by molar-refractivity contribution is 0.443. The summed E-state index contributed by atoms with van der Waals surface area (Å²) in [5, 5.41) is 28.6. The summed E-state index contributed by atoms with van der Waals surface area (Å²) >= 11 is 0. The van der Waals surface area contributed by atoms with Gasteiger partial charge >= 0.3 is 0 Å². The zero-order valence-electron chi connectivity index (χ0n) is 10.4. The summed E-state index contributed by atoms with van der Waals surface area (Å²) in [7, 11) is 0. The fourth-order valence-corrected chi connectivity index (χ4v) is 2.25. The van der Waals surface area contributed by atoms with Gasteiger partial charge in [-0.15, -0.1) is 0 Å². The molecule has 0 fully saturated rings. The largest absolute Gasteiger partial charge is 0.508 e. The van der Waals surface area contributed by atoms with Crippen molar-refractivity contribution in [1.82, 2.24) is 0 Å². The van der Waals surface area contributed by atoms with Gasteiger partial charge in [0.25, 0.3) is 0 Å². The molecule has 0 aliphatic rings. The van der Waals surface area contributed by atoms with Crippen LogP contribution in [-0.4, -0.2) is 15.3 Å². The van der Waals surface area contributed by atoms with Gasteiger partial charge in [0.15, 0.2) is 0 Å². The van der Waals surface area contributed by atoms with Gasteiger partial charge in [-0.1, -0.05) is 19.1 Å². The topological polar surface area (TPSA) is 60.7 Å². The third-order valence-corrected chi connectivity index (χ3v) is 3.18. The van der Waals surface area contributed by atoms with Gasteiger partial charge in [-0.25, -0.2) is 0 Å². The number of hydrogen-bond acceptors (Lipinski definition) is 3. The molecule has 2 aromatic rings. The Balaban J connectivity index is 2.46. The average Bonchev–Trinajstić information content (AvgIpc) is 2.28. The van der Waals surface area contributed by atoms with Crippen LogP contribution in [0.5, 0.6) is 17.2 Å². The van der Waals surface area contributed by atoms with Crippen LogP contribution in [0, 0.1) is 6.92 Å². The molecule has 2 aromatic carbocycles. The smallest absolute Gasteiger partial charge is 0.123 e. The maximum absolute atomic E-state index is 9.95. The van der Waals surface area contributed by atoms with Crippen LogP contribution in [0.15, 0.2) is 36.4 Å². The summed E-state index contributed by atoms with van der Waals surface area (Å²) in [5.74, 6) is 0.364. The average molecular weight is 244 g/mol. The third-order valence-electron chi connectivity index (χ3n) is 3.18. The third kappa shape index (κ3) is 2.25. The van der Waals surface area contributed by atoms with Crippen LogP contribution in [0.25, 0.3) is 0 Å². The van der Waals surface area contributed by atoms with Crippen LogP contribution in [-0.2, 0) is 0 Å². The van der Waals surface area contributed by atoms with E-state index in [1.54, 1.807) is 18.2 Å². The number of hydrogen-bond donors (Lipinski definition) is 3. The number of rotatable bonds is 2. The molecule has 2 rings (SSSR count).